The molecule has 0 saturated heterocycles. The van der Waals surface area contributed by atoms with Crippen LogP contribution in [0.15, 0.2) is 29.8 Å². The number of esters is 2. The topological polar surface area (TPSA) is 52.6 Å². The van der Waals surface area contributed by atoms with Crippen molar-refractivity contribution < 1.29 is 19.1 Å². The zero-order chi connectivity index (χ0) is 18.7. The molecule has 0 unspecified atom stereocenters. The highest BCUT2D eigenvalue weighted by Crippen LogP contribution is 2.20. The lowest BCUT2D eigenvalue weighted by atomic mass is 10.0. The standard InChI is InChI=1S/C21H30O4/c1-5-7-8-10-18-11-13-19(14-12-18)15-20(9-6-2)21(24-16(3)22)25-17(4)23/h11-15,21H,5-10H2,1-4H3/b20-15+. The van der Waals surface area contributed by atoms with E-state index < -0.39 is 18.2 Å². The molecule has 1 aromatic carbocycles. The summed E-state index contributed by atoms with van der Waals surface area (Å²) in [5.74, 6) is -0.945. The van der Waals surface area contributed by atoms with E-state index in [9.17, 15) is 9.59 Å². The highest BCUT2D eigenvalue weighted by atomic mass is 16.7. The van der Waals surface area contributed by atoms with Gasteiger partial charge < -0.3 is 9.47 Å². The normalized spacial score (nSPS) is 11.5. The highest BCUT2D eigenvalue weighted by Gasteiger charge is 2.20. The number of carbonyl (C=O) groups is 2. The van der Waals surface area contributed by atoms with Crippen LogP contribution in [0.3, 0.4) is 0 Å². The van der Waals surface area contributed by atoms with Gasteiger partial charge in [-0.15, -0.1) is 0 Å². The van der Waals surface area contributed by atoms with Gasteiger partial charge in [-0.1, -0.05) is 57.4 Å². The van der Waals surface area contributed by atoms with Crippen LogP contribution in [0.5, 0.6) is 0 Å². The monoisotopic (exact) mass is 346 g/mol. The van der Waals surface area contributed by atoms with Gasteiger partial charge in [0.1, 0.15) is 0 Å². The van der Waals surface area contributed by atoms with Gasteiger partial charge in [0.25, 0.3) is 6.29 Å². The fraction of sp³-hybridized carbons (Fsp3) is 0.524. The summed E-state index contributed by atoms with van der Waals surface area (Å²) in [5.41, 5.74) is 3.11. The molecule has 0 aliphatic carbocycles. The Morgan fingerprint density at radius 3 is 2.04 bits per heavy atom. The van der Waals surface area contributed by atoms with E-state index in [1.54, 1.807) is 0 Å². The summed E-state index contributed by atoms with van der Waals surface area (Å²) < 4.78 is 10.4. The van der Waals surface area contributed by atoms with E-state index in [2.05, 4.69) is 31.2 Å². The van der Waals surface area contributed by atoms with E-state index in [1.807, 2.05) is 13.0 Å². The van der Waals surface area contributed by atoms with Crippen molar-refractivity contribution in [2.24, 2.45) is 0 Å². The molecule has 0 spiro atoms. The Kier molecular flexibility index (Phi) is 9.60. The van der Waals surface area contributed by atoms with Crippen LogP contribution in [0.1, 0.15) is 70.9 Å². The molecule has 0 atom stereocenters. The van der Waals surface area contributed by atoms with Crippen molar-refractivity contribution in [3.05, 3.63) is 41.0 Å². The molecule has 0 amide bonds. The minimum atomic E-state index is -0.959. The molecule has 0 fully saturated rings. The first kappa shape index (κ1) is 20.9. The second kappa shape index (κ2) is 11.5. The molecule has 0 heterocycles. The summed E-state index contributed by atoms with van der Waals surface area (Å²) >= 11 is 0. The maximum absolute atomic E-state index is 11.3. The fourth-order valence-electron chi connectivity index (χ4n) is 2.60. The Morgan fingerprint density at radius 2 is 1.56 bits per heavy atom. The van der Waals surface area contributed by atoms with Crippen LogP contribution in [0.25, 0.3) is 6.08 Å². The van der Waals surface area contributed by atoms with E-state index in [0.29, 0.717) is 6.42 Å². The number of hydrogen-bond acceptors (Lipinski definition) is 4. The van der Waals surface area contributed by atoms with Gasteiger partial charge in [0.05, 0.1) is 0 Å². The molecule has 0 aliphatic rings. The minimum Gasteiger partial charge on any atom is -0.421 e. The van der Waals surface area contributed by atoms with Crippen molar-refractivity contribution >= 4 is 18.0 Å². The Labute approximate surface area is 151 Å². The van der Waals surface area contributed by atoms with Crippen LogP contribution in [0, 0.1) is 0 Å². The number of unbranched alkanes of at least 4 members (excludes halogenated alkanes) is 2. The minimum absolute atomic E-state index is 0.473. The molecule has 0 aromatic heterocycles. The first-order chi connectivity index (χ1) is 12.0. The molecule has 0 radical (unpaired) electrons. The zero-order valence-corrected chi connectivity index (χ0v) is 15.8. The average Bonchev–Trinajstić information content (AvgIpc) is 2.55. The maximum atomic E-state index is 11.3. The third-order valence-electron chi connectivity index (χ3n) is 3.79. The largest absolute Gasteiger partial charge is 0.421 e. The van der Waals surface area contributed by atoms with Crippen molar-refractivity contribution in [2.75, 3.05) is 0 Å². The van der Waals surface area contributed by atoms with Crippen LogP contribution in [-0.4, -0.2) is 18.2 Å². The Balaban J connectivity index is 2.93. The van der Waals surface area contributed by atoms with Gasteiger partial charge in [-0.2, -0.15) is 0 Å². The molecular weight excluding hydrogens is 316 g/mol. The summed E-state index contributed by atoms with van der Waals surface area (Å²) in [4.78, 5) is 22.7. The van der Waals surface area contributed by atoms with Crippen LogP contribution in [0.2, 0.25) is 0 Å². The molecule has 25 heavy (non-hydrogen) atoms. The third kappa shape index (κ3) is 8.52. The first-order valence-corrected chi connectivity index (χ1v) is 9.10. The second-order valence-corrected chi connectivity index (χ2v) is 6.22. The van der Waals surface area contributed by atoms with Crippen LogP contribution >= 0.6 is 0 Å². The van der Waals surface area contributed by atoms with E-state index in [0.717, 1.165) is 24.0 Å². The quantitative estimate of drug-likeness (QED) is 0.338. The van der Waals surface area contributed by atoms with Crippen molar-refractivity contribution in [1.29, 1.82) is 0 Å². The van der Waals surface area contributed by atoms with Gasteiger partial charge in [0.2, 0.25) is 0 Å². The van der Waals surface area contributed by atoms with E-state index in [1.165, 1.54) is 38.7 Å². The Morgan fingerprint density at radius 1 is 0.960 bits per heavy atom. The maximum Gasteiger partial charge on any atom is 0.305 e. The summed E-state index contributed by atoms with van der Waals surface area (Å²) in [6.45, 7) is 6.85. The van der Waals surface area contributed by atoms with E-state index in [4.69, 9.17) is 9.47 Å². The van der Waals surface area contributed by atoms with Gasteiger partial charge in [-0.3, -0.25) is 9.59 Å². The number of carbonyl (C=O) groups excluding carboxylic acids is 2. The summed E-state index contributed by atoms with van der Waals surface area (Å²) in [6, 6.07) is 8.35. The number of hydrogen-bond donors (Lipinski definition) is 0. The molecular formula is C21H30O4. The fourth-order valence-corrected chi connectivity index (χ4v) is 2.60. The lowest BCUT2D eigenvalue weighted by Gasteiger charge is -2.19. The van der Waals surface area contributed by atoms with Crippen molar-refractivity contribution in [3.63, 3.8) is 0 Å². The highest BCUT2D eigenvalue weighted by molar-refractivity contribution is 5.69. The van der Waals surface area contributed by atoms with Crippen molar-refractivity contribution in [2.45, 2.75) is 72.5 Å². The van der Waals surface area contributed by atoms with E-state index >= 15 is 0 Å². The first-order valence-electron chi connectivity index (χ1n) is 9.10. The van der Waals surface area contributed by atoms with Crippen LogP contribution in [-0.2, 0) is 25.5 Å². The Hall–Kier alpha value is -2.10. The van der Waals surface area contributed by atoms with Crippen LogP contribution in [0.4, 0.5) is 0 Å². The Bertz CT molecular complexity index is 556. The molecule has 1 rings (SSSR count). The molecule has 0 bridgehead atoms. The lowest BCUT2D eigenvalue weighted by molar-refractivity contribution is -0.178. The number of benzene rings is 1. The van der Waals surface area contributed by atoms with Crippen LogP contribution < -0.4 is 0 Å². The van der Waals surface area contributed by atoms with Gasteiger partial charge >= 0.3 is 11.9 Å². The summed E-state index contributed by atoms with van der Waals surface area (Å²) in [7, 11) is 0. The lowest BCUT2D eigenvalue weighted by Crippen LogP contribution is -2.24. The number of aryl methyl sites for hydroxylation is 1. The molecule has 4 heteroatoms. The van der Waals surface area contributed by atoms with Gasteiger partial charge in [-0.05, 0) is 36.5 Å². The number of rotatable bonds is 10. The van der Waals surface area contributed by atoms with Gasteiger partial charge in [-0.25, -0.2) is 0 Å². The van der Waals surface area contributed by atoms with Gasteiger partial charge in [0.15, 0.2) is 0 Å². The summed E-state index contributed by atoms with van der Waals surface area (Å²) in [6.07, 6.45) is 7.28. The SMILES string of the molecule is CCCCCc1ccc(/C=C(\CCC)C(OC(C)=O)OC(C)=O)cc1. The molecule has 1 aromatic rings. The molecule has 0 aliphatic heterocycles. The molecule has 0 saturated carbocycles. The van der Waals surface area contributed by atoms with Crippen molar-refractivity contribution in [3.8, 4) is 0 Å². The average molecular weight is 346 g/mol. The van der Waals surface area contributed by atoms with Gasteiger partial charge in [0, 0.05) is 19.4 Å². The molecule has 4 nitrogen and oxygen atoms in total. The zero-order valence-electron chi connectivity index (χ0n) is 15.8. The molecule has 138 valence electrons. The predicted molar refractivity (Wildman–Crippen MR) is 99.9 cm³/mol. The van der Waals surface area contributed by atoms with E-state index in [-0.39, 0.29) is 0 Å². The van der Waals surface area contributed by atoms with Crippen molar-refractivity contribution in [1.82, 2.24) is 0 Å². The predicted octanol–water partition coefficient (Wildman–Crippen LogP) is 5.06. The molecule has 0 N–H and O–H groups in total. The number of ether oxygens (including phenoxy) is 2. The second-order valence-electron chi connectivity index (χ2n) is 6.22. The summed E-state index contributed by atoms with van der Waals surface area (Å²) in [5, 5.41) is 0. The third-order valence-corrected chi connectivity index (χ3v) is 3.79. The smallest absolute Gasteiger partial charge is 0.305 e.